The second-order valence-electron chi connectivity index (χ2n) is 3.74. The van der Waals surface area contributed by atoms with E-state index in [-0.39, 0.29) is 4.32 Å². The number of nitrogens with zero attached hydrogens (tertiary/aromatic N) is 2. The maximum Gasteiger partial charge on any atom is 0.434 e. The van der Waals surface area contributed by atoms with Crippen molar-refractivity contribution in [1.82, 2.24) is 10.0 Å². The Balaban J connectivity index is 2.40. The van der Waals surface area contributed by atoms with Crippen molar-refractivity contribution in [2.75, 3.05) is 14.2 Å². The quantitative estimate of drug-likeness (QED) is 0.743. The second-order valence-corrected chi connectivity index (χ2v) is 5.46. The van der Waals surface area contributed by atoms with Gasteiger partial charge in [-0.05, 0) is 5.56 Å². The lowest BCUT2D eigenvalue weighted by Gasteiger charge is -2.27. The highest BCUT2D eigenvalue weighted by molar-refractivity contribution is 8.23. The van der Waals surface area contributed by atoms with Gasteiger partial charge >= 0.3 is 12.2 Å². The molecule has 1 aliphatic rings. The van der Waals surface area contributed by atoms with E-state index in [4.69, 9.17) is 17.0 Å². The molecule has 0 spiro atoms. The van der Waals surface area contributed by atoms with Gasteiger partial charge < -0.3 is 9.47 Å². The fraction of sp³-hybridized carbons (Fsp3) is 0.250. The van der Waals surface area contributed by atoms with Gasteiger partial charge in [-0.15, -0.1) is 0 Å². The number of hydrazine groups is 1. The van der Waals surface area contributed by atoms with Crippen LogP contribution in [0.3, 0.4) is 0 Å². The number of rotatable bonds is 1. The van der Waals surface area contributed by atoms with Crippen molar-refractivity contribution in [2.24, 2.45) is 0 Å². The van der Waals surface area contributed by atoms with Crippen molar-refractivity contribution in [3.05, 3.63) is 35.9 Å². The van der Waals surface area contributed by atoms with E-state index in [2.05, 4.69) is 4.74 Å². The van der Waals surface area contributed by atoms with Gasteiger partial charge in [0, 0.05) is 0 Å². The van der Waals surface area contributed by atoms with Crippen LogP contribution in [-0.2, 0) is 9.47 Å². The van der Waals surface area contributed by atoms with Gasteiger partial charge in [-0.25, -0.2) is 9.59 Å². The van der Waals surface area contributed by atoms with Crippen LogP contribution in [0.1, 0.15) is 10.9 Å². The van der Waals surface area contributed by atoms with Crippen LogP contribution in [0.5, 0.6) is 0 Å². The Kier molecular flexibility index (Phi) is 4.46. The summed E-state index contributed by atoms with van der Waals surface area (Å²) in [5.74, 6) is 0. The molecular weight excluding hydrogens is 300 g/mol. The molecule has 20 heavy (non-hydrogen) atoms. The minimum absolute atomic E-state index is 0.233. The molecule has 1 saturated heterocycles. The van der Waals surface area contributed by atoms with Crippen LogP contribution in [0, 0.1) is 0 Å². The smallest absolute Gasteiger partial charge is 0.434 e. The van der Waals surface area contributed by atoms with Crippen molar-refractivity contribution in [3.63, 3.8) is 0 Å². The molecule has 1 aromatic carbocycles. The third kappa shape index (κ3) is 2.56. The number of hydrogen-bond acceptors (Lipinski definition) is 6. The summed E-state index contributed by atoms with van der Waals surface area (Å²) in [7, 11) is 2.47. The molecule has 1 aromatic rings. The Morgan fingerprint density at radius 2 is 1.75 bits per heavy atom. The van der Waals surface area contributed by atoms with Crippen molar-refractivity contribution in [3.8, 4) is 0 Å². The van der Waals surface area contributed by atoms with Crippen LogP contribution in [0.4, 0.5) is 9.59 Å². The van der Waals surface area contributed by atoms with Crippen molar-refractivity contribution in [1.29, 1.82) is 0 Å². The maximum absolute atomic E-state index is 12.0. The lowest BCUT2D eigenvalue weighted by Crippen LogP contribution is -2.47. The molecule has 2 rings (SSSR count). The minimum Gasteiger partial charge on any atom is -0.451 e. The van der Waals surface area contributed by atoms with Crippen LogP contribution < -0.4 is 0 Å². The maximum atomic E-state index is 12.0. The molecule has 1 heterocycles. The molecule has 0 bridgehead atoms. The minimum atomic E-state index is -0.730. The molecule has 8 heteroatoms. The van der Waals surface area contributed by atoms with Gasteiger partial charge in [0.25, 0.3) is 0 Å². The van der Waals surface area contributed by atoms with E-state index in [0.29, 0.717) is 0 Å². The topological polar surface area (TPSA) is 59.1 Å². The molecule has 1 fully saturated rings. The van der Waals surface area contributed by atoms with E-state index in [1.165, 1.54) is 26.0 Å². The molecule has 0 aromatic heterocycles. The SMILES string of the molecule is COC(=O)N1C(=S)SC(c2ccccc2)N1C(=O)OC. The Labute approximate surface area is 125 Å². The summed E-state index contributed by atoms with van der Waals surface area (Å²) in [6.07, 6.45) is -1.41. The zero-order chi connectivity index (χ0) is 14.7. The third-order valence-electron chi connectivity index (χ3n) is 2.62. The Bertz CT molecular complexity index is 538. The van der Waals surface area contributed by atoms with Gasteiger partial charge in [-0.3, -0.25) is 0 Å². The monoisotopic (exact) mass is 312 g/mol. The number of carbonyl (C=O) groups is 2. The first-order valence-corrected chi connectivity index (χ1v) is 6.89. The largest absolute Gasteiger partial charge is 0.451 e. The first-order chi connectivity index (χ1) is 9.60. The average Bonchev–Trinajstić information content (AvgIpc) is 2.84. The molecule has 1 unspecified atom stereocenters. The molecule has 0 saturated carbocycles. The average molecular weight is 312 g/mol. The summed E-state index contributed by atoms with van der Waals surface area (Å²) in [5.41, 5.74) is 0.830. The summed E-state index contributed by atoms with van der Waals surface area (Å²) < 4.78 is 9.61. The van der Waals surface area contributed by atoms with E-state index >= 15 is 0 Å². The summed E-state index contributed by atoms with van der Waals surface area (Å²) in [5, 5.41) is 1.69. The van der Waals surface area contributed by atoms with Gasteiger partial charge in [0.1, 0.15) is 5.37 Å². The highest BCUT2D eigenvalue weighted by atomic mass is 32.2. The fourth-order valence-corrected chi connectivity index (χ4v) is 3.20. The van der Waals surface area contributed by atoms with Crippen molar-refractivity contribution < 1.29 is 19.1 Å². The molecule has 6 nitrogen and oxygen atoms in total. The molecule has 0 radical (unpaired) electrons. The van der Waals surface area contributed by atoms with Crippen molar-refractivity contribution >= 4 is 40.5 Å². The van der Waals surface area contributed by atoms with E-state index < -0.39 is 17.6 Å². The Hall–Kier alpha value is -1.80. The number of thioether (sulfide) groups is 1. The van der Waals surface area contributed by atoms with Gasteiger partial charge in [-0.1, -0.05) is 54.3 Å². The van der Waals surface area contributed by atoms with Crippen LogP contribution in [0.15, 0.2) is 30.3 Å². The third-order valence-corrected chi connectivity index (χ3v) is 4.15. The Morgan fingerprint density at radius 3 is 2.30 bits per heavy atom. The van der Waals surface area contributed by atoms with Crippen LogP contribution >= 0.6 is 24.0 Å². The molecule has 1 atom stereocenters. The number of amides is 2. The fourth-order valence-electron chi connectivity index (χ4n) is 1.73. The number of methoxy groups -OCH3 is 2. The Morgan fingerprint density at radius 1 is 1.15 bits per heavy atom. The number of carbonyl (C=O) groups excluding carboxylic acids is 2. The van der Waals surface area contributed by atoms with Crippen LogP contribution in [-0.4, -0.2) is 40.7 Å². The van der Waals surface area contributed by atoms with E-state index in [1.807, 2.05) is 30.3 Å². The predicted octanol–water partition coefficient (Wildman–Crippen LogP) is 2.77. The van der Waals surface area contributed by atoms with Crippen LogP contribution in [0.25, 0.3) is 0 Å². The second kappa shape index (κ2) is 6.10. The molecule has 1 aliphatic heterocycles. The summed E-state index contributed by atoms with van der Waals surface area (Å²) in [6.45, 7) is 0. The zero-order valence-electron chi connectivity index (χ0n) is 10.8. The van der Waals surface area contributed by atoms with Crippen molar-refractivity contribution in [2.45, 2.75) is 5.37 Å². The number of ether oxygens (including phenoxy) is 2. The van der Waals surface area contributed by atoms with E-state index in [1.54, 1.807) is 0 Å². The zero-order valence-corrected chi connectivity index (χ0v) is 12.4. The number of hydrogen-bond donors (Lipinski definition) is 0. The van der Waals surface area contributed by atoms with Gasteiger partial charge in [-0.2, -0.15) is 10.0 Å². The van der Waals surface area contributed by atoms with Gasteiger partial charge in [0.15, 0.2) is 4.32 Å². The van der Waals surface area contributed by atoms with E-state index in [0.717, 1.165) is 15.6 Å². The van der Waals surface area contributed by atoms with Crippen LogP contribution in [0.2, 0.25) is 0 Å². The highest BCUT2D eigenvalue weighted by Gasteiger charge is 2.45. The molecular formula is C12H12N2O4S2. The molecule has 0 aliphatic carbocycles. The number of thiocarbonyl (C=S) groups is 1. The molecule has 106 valence electrons. The normalized spacial score (nSPS) is 18.1. The van der Waals surface area contributed by atoms with E-state index in [9.17, 15) is 9.59 Å². The lowest BCUT2D eigenvalue weighted by molar-refractivity contribution is 0.0304. The number of benzene rings is 1. The standard InChI is InChI=1S/C12H12N2O4S2/c1-17-10(15)13-9(8-6-4-3-5-7-8)20-12(19)14(13)11(16)18-2/h3-7,9H,1-2H3. The highest BCUT2D eigenvalue weighted by Crippen LogP contribution is 2.42. The molecule has 0 N–H and O–H groups in total. The summed E-state index contributed by atoms with van der Waals surface area (Å²) in [6, 6.07) is 9.24. The molecule has 2 amide bonds. The predicted molar refractivity (Wildman–Crippen MR) is 77.9 cm³/mol. The first kappa shape index (κ1) is 14.6. The lowest BCUT2D eigenvalue weighted by atomic mass is 10.2. The van der Waals surface area contributed by atoms with Gasteiger partial charge in [0.2, 0.25) is 0 Å². The first-order valence-electron chi connectivity index (χ1n) is 5.61. The summed E-state index contributed by atoms with van der Waals surface area (Å²) in [4.78, 5) is 23.7. The van der Waals surface area contributed by atoms with Gasteiger partial charge in [0.05, 0.1) is 14.2 Å². The summed E-state index contributed by atoms with van der Waals surface area (Å²) >= 11 is 6.35.